The highest BCUT2D eigenvalue weighted by molar-refractivity contribution is 5.69. The summed E-state index contributed by atoms with van der Waals surface area (Å²) in [5.74, 6) is 2.05. The topological polar surface area (TPSA) is 51.8 Å². The highest BCUT2D eigenvalue weighted by Crippen LogP contribution is 2.39. The molecule has 23 heavy (non-hydrogen) atoms. The molecule has 2 aromatic rings. The molecule has 0 aliphatic rings. The van der Waals surface area contributed by atoms with E-state index in [0.29, 0.717) is 30.5 Å². The Hall–Kier alpha value is -2.40. The molecule has 2 N–H and O–H groups in total. The Bertz CT molecular complexity index is 627. The van der Waals surface area contributed by atoms with Crippen LogP contribution in [0.15, 0.2) is 36.4 Å². The normalized spacial score (nSPS) is 10.3. The number of anilines is 1. The van der Waals surface area contributed by atoms with Crippen molar-refractivity contribution in [2.75, 3.05) is 33.3 Å². The fraction of sp³-hybridized carbons (Fsp3) is 0.333. The second kappa shape index (κ2) is 8.29. The van der Waals surface area contributed by atoms with Gasteiger partial charge in [-0.1, -0.05) is 29.8 Å². The summed E-state index contributed by atoms with van der Waals surface area (Å²) in [6.45, 7) is 3.15. The summed E-state index contributed by atoms with van der Waals surface area (Å²) in [6.07, 6.45) is 0. The molecule has 0 heterocycles. The monoisotopic (exact) mass is 316 g/mol. The molecule has 0 atom stereocenters. The lowest BCUT2D eigenvalue weighted by Gasteiger charge is -2.18. The maximum atomic E-state index is 5.75. The smallest absolute Gasteiger partial charge is 0.151 e. The third-order valence-electron chi connectivity index (χ3n) is 3.46. The lowest BCUT2D eigenvalue weighted by atomic mass is 10.1. The van der Waals surface area contributed by atoms with Gasteiger partial charge < -0.3 is 19.5 Å². The summed E-state index contributed by atoms with van der Waals surface area (Å²) in [7, 11) is 5.08. The van der Waals surface area contributed by atoms with Gasteiger partial charge in [-0.15, -0.1) is 0 Å². The van der Waals surface area contributed by atoms with Crippen LogP contribution in [0.1, 0.15) is 11.1 Å². The first kappa shape index (κ1) is 17.0. The highest BCUT2D eigenvalue weighted by Gasteiger charge is 2.13. The molecule has 5 nitrogen and oxygen atoms in total. The van der Waals surface area contributed by atoms with Crippen LogP contribution in [0, 0.1) is 6.92 Å². The Morgan fingerprint density at radius 3 is 2.26 bits per heavy atom. The third kappa shape index (κ3) is 4.53. The zero-order chi connectivity index (χ0) is 16.7. The molecule has 0 aliphatic heterocycles. The molecule has 0 bridgehead atoms. The van der Waals surface area contributed by atoms with Crippen LogP contribution in [0.2, 0.25) is 0 Å². The van der Waals surface area contributed by atoms with Crippen LogP contribution in [0.3, 0.4) is 0 Å². The number of benzene rings is 2. The summed E-state index contributed by atoms with van der Waals surface area (Å²) >= 11 is 0. The lowest BCUT2D eigenvalue weighted by Crippen LogP contribution is -2.15. The van der Waals surface area contributed by atoms with Crippen molar-refractivity contribution in [3.8, 4) is 17.2 Å². The Kier molecular flexibility index (Phi) is 6.11. The summed E-state index contributed by atoms with van der Waals surface area (Å²) in [5, 5.41) is 6.36. The van der Waals surface area contributed by atoms with Crippen LogP contribution >= 0.6 is 0 Å². The molecule has 0 saturated carbocycles. The van der Waals surface area contributed by atoms with Gasteiger partial charge in [0.05, 0.1) is 14.2 Å². The quantitative estimate of drug-likeness (QED) is 0.733. The van der Waals surface area contributed by atoms with Crippen LogP contribution in [0.4, 0.5) is 5.69 Å². The maximum absolute atomic E-state index is 5.75. The molecule has 2 rings (SSSR count). The largest absolute Gasteiger partial charge is 0.496 e. The first-order valence-electron chi connectivity index (χ1n) is 7.50. The number of aryl methyl sites for hydroxylation is 1. The molecule has 0 spiro atoms. The van der Waals surface area contributed by atoms with E-state index in [1.54, 1.807) is 14.2 Å². The number of nitrogens with one attached hydrogen (secondary N) is 2. The minimum absolute atomic E-state index is 0.398. The van der Waals surface area contributed by atoms with Crippen molar-refractivity contribution < 1.29 is 14.2 Å². The van der Waals surface area contributed by atoms with E-state index in [-0.39, 0.29) is 0 Å². The van der Waals surface area contributed by atoms with Gasteiger partial charge in [0.15, 0.2) is 5.75 Å². The van der Waals surface area contributed by atoms with Gasteiger partial charge in [-0.05, 0) is 19.5 Å². The van der Waals surface area contributed by atoms with Crippen LogP contribution in [-0.4, -0.2) is 28.0 Å². The van der Waals surface area contributed by atoms with Gasteiger partial charge in [0.1, 0.15) is 23.9 Å². The fourth-order valence-corrected chi connectivity index (χ4v) is 2.18. The number of hydrogen-bond donors (Lipinski definition) is 2. The summed E-state index contributed by atoms with van der Waals surface area (Å²) < 4.78 is 16.5. The van der Waals surface area contributed by atoms with Gasteiger partial charge in [-0.3, -0.25) is 5.32 Å². The first-order valence-corrected chi connectivity index (χ1v) is 7.50. The van der Waals surface area contributed by atoms with E-state index >= 15 is 0 Å². The van der Waals surface area contributed by atoms with E-state index in [9.17, 15) is 0 Å². The number of rotatable bonds is 8. The fourth-order valence-electron chi connectivity index (χ4n) is 2.18. The van der Waals surface area contributed by atoms with Crippen LogP contribution in [0.5, 0.6) is 17.2 Å². The van der Waals surface area contributed by atoms with Gasteiger partial charge in [0.25, 0.3) is 0 Å². The van der Waals surface area contributed by atoms with Crippen LogP contribution in [0.25, 0.3) is 0 Å². The number of methoxy groups -OCH3 is 2. The standard InChI is InChI=1S/C18H24N2O3/c1-13-5-7-14(8-6-13)11-20-18-16(22-4)9-15(21-3)10-17(18)23-12-19-2/h5-10,19-20H,11-12H2,1-4H3. The van der Waals surface area contributed by atoms with E-state index in [2.05, 4.69) is 41.8 Å². The van der Waals surface area contributed by atoms with Crippen molar-refractivity contribution in [3.63, 3.8) is 0 Å². The predicted octanol–water partition coefficient (Wildman–Crippen LogP) is 3.18. The zero-order valence-electron chi connectivity index (χ0n) is 14.1. The van der Waals surface area contributed by atoms with Crippen molar-refractivity contribution in [3.05, 3.63) is 47.5 Å². The van der Waals surface area contributed by atoms with Gasteiger partial charge in [0, 0.05) is 18.7 Å². The van der Waals surface area contributed by atoms with Gasteiger partial charge in [-0.2, -0.15) is 0 Å². The maximum Gasteiger partial charge on any atom is 0.151 e. The Morgan fingerprint density at radius 1 is 0.957 bits per heavy atom. The average Bonchev–Trinajstić information content (AvgIpc) is 2.59. The molecule has 2 aromatic carbocycles. The molecule has 0 aliphatic carbocycles. The molecule has 0 aromatic heterocycles. The molecule has 0 fully saturated rings. The van der Waals surface area contributed by atoms with Crippen molar-refractivity contribution >= 4 is 5.69 Å². The molecular weight excluding hydrogens is 292 g/mol. The van der Waals surface area contributed by atoms with E-state index in [1.165, 1.54) is 11.1 Å². The summed E-state index contributed by atoms with van der Waals surface area (Å²) in [6, 6.07) is 12.1. The molecular formula is C18H24N2O3. The molecule has 0 unspecified atom stereocenters. The second-order valence-corrected chi connectivity index (χ2v) is 5.18. The average molecular weight is 316 g/mol. The van der Waals surface area contributed by atoms with Crippen molar-refractivity contribution in [2.45, 2.75) is 13.5 Å². The first-order chi connectivity index (χ1) is 11.2. The Morgan fingerprint density at radius 2 is 1.65 bits per heavy atom. The molecule has 0 amide bonds. The minimum Gasteiger partial charge on any atom is -0.496 e. The summed E-state index contributed by atoms with van der Waals surface area (Å²) in [5.41, 5.74) is 3.24. The van der Waals surface area contributed by atoms with E-state index in [1.807, 2.05) is 19.2 Å². The van der Waals surface area contributed by atoms with E-state index in [4.69, 9.17) is 14.2 Å². The summed E-state index contributed by atoms with van der Waals surface area (Å²) in [4.78, 5) is 0. The minimum atomic E-state index is 0.398. The van der Waals surface area contributed by atoms with E-state index < -0.39 is 0 Å². The molecule has 5 heteroatoms. The zero-order valence-corrected chi connectivity index (χ0v) is 14.1. The Labute approximate surface area is 137 Å². The van der Waals surface area contributed by atoms with Crippen molar-refractivity contribution in [1.29, 1.82) is 0 Å². The molecule has 0 radical (unpaired) electrons. The van der Waals surface area contributed by atoms with Gasteiger partial charge in [-0.25, -0.2) is 0 Å². The lowest BCUT2D eigenvalue weighted by molar-refractivity contribution is 0.293. The Balaban J connectivity index is 2.24. The van der Waals surface area contributed by atoms with Crippen molar-refractivity contribution in [1.82, 2.24) is 5.32 Å². The highest BCUT2D eigenvalue weighted by atomic mass is 16.5. The number of hydrogen-bond acceptors (Lipinski definition) is 5. The van der Waals surface area contributed by atoms with Crippen LogP contribution < -0.4 is 24.8 Å². The third-order valence-corrected chi connectivity index (χ3v) is 3.46. The second-order valence-electron chi connectivity index (χ2n) is 5.18. The molecule has 124 valence electrons. The number of ether oxygens (including phenoxy) is 3. The van der Waals surface area contributed by atoms with Crippen molar-refractivity contribution in [2.24, 2.45) is 0 Å². The van der Waals surface area contributed by atoms with Gasteiger partial charge in [0.2, 0.25) is 0 Å². The molecule has 0 saturated heterocycles. The predicted molar refractivity (Wildman–Crippen MR) is 92.6 cm³/mol. The SMILES string of the molecule is CNCOc1cc(OC)cc(OC)c1NCc1ccc(C)cc1. The van der Waals surface area contributed by atoms with Crippen LogP contribution in [-0.2, 0) is 6.54 Å². The van der Waals surface area contributed by atoms with Gasteiger partial charge >= 0.3 is 0 Å². The van der Waals surface area contributed by atoms with E-state index in [0.717, 1.165) is 5.69 Å².